The van der Waals surface area contributed by atoms with Crippen LogP contribution in [0.5, 0.6) is 11.5 Å². The Balaban J connectivity index is 1.87. The maximum absolute atomic E-state index is 13.1. The van der Waals surface area contributed by atoms with E-state index in [-0.39, 0.29) is 11.7 Å². The van der Waals surface area contributed by atoms with Crippen LogP contribution in [0.4, 0.5) is 10.1 Å². The van der Waals surface area contributed by atoms with Crippen LogP contribution in [-0.4, -0.2) is 19.1 Å². The van der Waals surface area contributed by atoms with Crippen molar-refractivity contribution in [1.82, 2.24) is 0 Å². The molecule has 0 saturated carbocycles. The van der Waals surface area contributed by atoms with E-state index in [1.54, 1.807) is 13.0 Å². The molecule has 1 amide bonds. The van der Waals surface area contributed by atoms with E-state index >= 15 is 0 Å². The molecule has 22 heavy (non-hydrogen) atoms. The number of hydrogen-bond donors (Lipinski definition) is 1. The van der Waals surface area contributed by atoms with Crippen LogP contribution in [0.1, 0.15) is 15.9 Å². The summed E-state index contributed by atoms with van der Waals surface area (Å²) in [7, 11) is 0. The third kappa shape index (κ3) is 2.85. The number of rotatable bonds is 2. The maximum atomic E-state index is 13.1. The van der Waals surface area contributed by atoms with Crippen molar-refractivity contribution in [1.29, 1.82) is 0 Å². The zero-order valence-corrected chi connectivity index (χ0v) is 12.5. The van der Waals surface area contributed by atoms with Gasteiger partial charge in [-0.3, -0.25) is 4.79 Å². The van der Waals surface area contributed by atoms with Gasteiger partial charge in [0.05, 0.1) is 5.02 Å². The summed E-state index contributed by atoms with van der Waals surface area (Å²) in [6, 6.07) is 7.26. The van der Waals surface area contributed by atoms with E-state index in [0.29, 0.717) is 46.5 Å². The van der Waals surface area contributed by atoms with E-state index in [0.717, 1.165) is 0 Å². The van der Waals surface area contributed by atoms with Crippen molar-refractivity contribution >= 4 is 23.2 Å². The molecule has 0 bridgehead atoms. The Kier molecular flexibility index (Phi) is 3.90. The maximum Gasteiger partial charge on any atom is 0.255 e. The predicted octanol–water partition coefficient (Wildman–Crippen LogP) is 3.81. The molecule has 1 aliphatic rings. The number of nitrogens with one attached hydrogen (secondary N) is 1. The van der Waals surface area contributed by atoms with Gasteiger partial charge in [-0.2, -0.15) is 0 Å². The Labute approximate surface area is 131 Å². The van der Waals surface area contributed by atoms with Crippen LogP contribution in [0, 0.1) is 12.7 Å². The van der Waals surface area contributed by atoms with Crippen LogP contribution in [0.3, 0.4) is 0 Å². The highest BCUT2D eigenvalue weighted by Crippen LogP contribution is 2.38. The molecule has 1 heterocycles. The summed E-state index contributed by atoms with van der Waals surface area (Å²) in [5.74, 6) is 0.189. The Morgan fingerprint density at radius 2 is 2.00 bits per heavy atom. The van der Waals surface area contributed by atoms with Crippen LogP contribution in [0.25, 0.3) is 0 Å². The lowest BCUT2D eigenvalue weighted by Crippen LogP contribution is -2.18. The number of carbonyl (C=O) groups is 1. The first-order valence-corrected chi connectivity index (χ1v) is 7.09. The molecule has 2 aromatic rings. The number of hydrogen-bond acceptors (Lipinski definition) is 3. The minimum atomic E-state index is -0.353. The highest BCUT2D eigenvalue weighted by molar-refractivity contribution is 6.32. The minimum absolute atomic E-state index is 0.318. The van der Waals surface area contributed by atoms with Crippen molar-refractivity contribution in [2.75, 3.05) is 18.5 Å². The van der Waals surface area contributed by atoms with E-state index in [9.17, 15) is 9.18 Å². The monoisotopic (exact) mass is 321 g/mol. The highest BCUT2D eigenvalue weighted by Gasteiger charge is 2.19. The average Bonchev–Trinajstić information content (AvgIpc) is 2.50. The van der Waals surface area contributed by atoms with Gasteiger partial charge in [-0.15, -0.1) is 0 Å². The molecule has 1 aliphatic heterocycles. The second-order valence-electron chi connectivity index (χ2n) is 4.90. The second kappa shape index (κ2) is 5.85. The smallest absolute Gasteiger partial charge is 0.255 e. The molecule has 0 atom stereocenters. The van der Waals surface area contributed by atoms with E-state index in [1.807, 2.05) is 0 Å². The lowest BCUT2D eigenvalue weighted by molar-refractivity contribution is 0.102. The standard InChI is InChI=1S/C16H13ClFNO3/c1-9-6-11(18)2-3-13(9)19-16(20)10-7-12(17)15-14(8-10)21-4-5-22-15/h2-3,6-8H,4-5H2,1H3,(H,19,20). The van der Waals surface area contributed by atoms with Gasteiger partial charge in [0.25, 0.3) is 5.91 Å². The average molecular weight is 322 g/mol. The molecule has 2 aromatic carbocycles. The Morgan fingerprint density at radius 1 is 1.23 bits per heavy atom. The van der Waals surface area contributed by atoms with Crippen LogP contribution in [0.15, 0.2) is 30.3 Å². The number of benzene rings is 2. The van der Waals surface area contributed by atoms with Gasteiger partial charge in [-0.05, 0) is 42.8 Å². The molecule has 4 nitrogen and oxygen atoms in total. The molecule has 0 fully saturated rings. The van der Waals surface area contributed by atoms with E-state index in [2.05, 4.69) is 5.32 Å². The molecule has 0 radical (unpaired) electrons. The molecule has 0 unspecified atom stereocenters. The number of amides is 1. The largest absolute Gasteiger partial charge is 0.486 e. The SMILES string of the molecule is Cc1cc(F)ccc1NC(=O)c1cc(Cl)c2c(c1)OCCO2. The lowest BCUT2D eigenvalue weighted by Gasteiger charge is -2.20. The number of halogens is 2. The molecule has 0 aliphatic carbocycles. The molecular weight excluding hydrogens is 309 g/mol. The van der Waals surface area contributed by atoms with Gasteiger partial charge in [0.1, 0.15) is 19.0 Å². The van der Waals surface area contributed by atoms with Gasteiger partial charge < -0.3 is 14.8 Å². The molecular formula is C16H13ClFNO3. The summed E-state index contributed by atoms with van der Waals surface area (Å²) in [5.41, 5.74) is 1.52. The molecule has 114 valence electrons. The van der Waals surface area contributed by atoms with Crippen molar-refractivity contribution in [2.45, 2.75) is 6.92 Å². The minimum Gasteiger partial charge on any atom is -0.486 e. The first-order valence-electron chi connectivity index (χ1n) is 6.71. The van der Waals surface area contributed by atoms with Gasteiger partial charge in [-0.1, -0.05) is 11.6 Å². The Morgan fingerprint density at radius 3 is 2.77 bits per heavy atom. The zero-order chi connectivity index (χ0) is 15.7. The third-order valence-electron chi connectivity index (χ3n) is 3.30. The van der Waals surface area contributed by atoms with Crippen LogP contribution < -0.4 is 14.8 Å². The first-order chi connectivity index (χ1) is 10.5. The summed E-state index contributed by atoms with van der Waals surface area (Å²) >= 11 is 6.11. The molecule has 0 saturated heterocycles. The fourth-order valence-corrected chi connectivity index (χ4v) is 2.47. The Hall–Kier alpha value is -2.27. The number of carbonyl (C=O) groups excluding carboxylic acids is 1. The van der Waals surface area contributed by atoms with Crippen molar-refractivity contribution in [3.8, 4) is 11.5 Å². The third-order valence-corrected chi connectivity index (χ3v) is 3.58. The summed E-state index contributed by atoms with van der Waals surface area (Å²) in [6.07, 6.45) is 0. The normalized spacial score (nSPS) is 12.9. The first kappa shape index (κ1) is 14.7. The summed E-state index contributed by atoms with van der Waals surface area (Å²) in [4.78, 5) is 12.3. The second-order valence-corrected chi connectivity index (χ2v) is 5.30. The van der Waals surface area contributed by atoms with Crippen molar-refractivity contribution in [3.63, 3.8) is 0 Å². The molecule has 0 aromatic heterocycles. The zero-order valence-electron chi connectivity index (χ0n) is 11.8. The van der Waals surface area contributed by atoms with Crippen LogP contribution >= 0.6 is 11.6 Å². The van der Waals surface area contributed by atoms with Gasteiger partial charge in [0, 0.05) is 11.3 Å². The number of aryl methyl sites for hydroxylation is 1. The predicted molar refractivity (Wildman–Crippen MR) is 81.5 cm³/mol. The Bertz CT molecular complexity index is 748. The summed E-state index contributed by atoms with van der Waals surface area (Å²) in [6.45, 7) is 2.55. The van der Waals surface area contributed by atoms with Gasteiger partial charge in [-0.25, -0.2) is 4.39 Å². The number of ether oxygens (including phenoxy) is 2. The van der Waals surface area contributed by atoms with Crippen molar-refractivity contribution in [2.24, 2.45) is 0 Å². The summed E-state index contributed by atoms with van der Waals surface area (Å²) < 4.78 is 23.9. The molecule has 6 heteroatoms. The van der Waals surface area contributed by atoms with Crippen molar-refractivity contribution in [3.05, 3.63) is 52.3 Å². The van der Waals surface area contributed by atoms with E-state index in [4.69, 9.17) is 21.1 Å². The van der Waals surface area contributed by atoms with Crippen molar-refractivity contribution < 1.29 is 18.7 Å². The van der Waals surface area contributed by atoms with Gasteiger partial charge in [0.15, 0.2) is 11.5 Å². The topological polar surface area (TPSA) is 47.6 Å². The lowest BCUT2D eigenvalue weighted by atomic mass is 10.1. The fourth-order valence-electron chi connectivity index (χ4n) is 2.20. The van der Waals surface area contributed by atoms with Crippen LogP contribution in [-0.2, 0) is 0 Å². The number of anilines is 1. The fraction of sp³-hybridized carbons (Fsp3) is 0.188. The van der Waals surface area contributed by atoms with E-state index in [1.165, 1.54) is 24.3 Å². The van der Waals surface area contributed by atoms with Crippen LogP contribution in [0.2, 0.25) is 5.02 Å². The quantitative estimate of drug-likeness (QED) is 0.915. The number of fused-ring (bicyclic) bond motifs is 1. The molecule has 1 N–H and O–H groups in total. The molecule has 3 rings (SSSR count). The van der Waals surface area contributed by atoms with E-state index < -0.39 is 0 Å². The highest BCUT2D eigenvalue weighted by atomic mass is 35.5. The van der Waals surface area contributed by atoms with Gasteiger partial charge in [0.2, 0.25) is 0 Å². The van der Waals surface area contributed by atoms with Gasteiger partial charge >= 0.3 is 0 Å². The summed E-state index contributed by atoms with van der Waals surface area (Å²) in [5, 5.41) is 3.04. The molecule has 0 spiro atoms.